The predicted octanol–water partition coefficient (Wildman–Crippen LogP) is 3.60. The number of azo groups is 1. The number of rotatable bonds is 13. The Bertz CT molecular complexity index is 2510. The smallest absolute Gasteiger partial charge is 0.744 e. The molecule has 0 saturated carbocycles. The Morgan fingerprint density at radius 1 is 1.00 bits per heavy atom. The fourth-order valence-electron chi connectivity index (χ4n) is 7.06. The van der Waals surface area contributed by atoms with Crippen LogP contribution >= 0.6 is 0 Å². The van der Waals surface area contributed by atoms with E-state index in [9.17, 15) is 22.9 Å². The summed E-state index contributed by atoms with van der Waals surface area (Å²) >= 11 is 0. The van der Waals surface area contributed by atoms with Gasteiger partial charge in [0.2, 0.25) is 16.7 Å². The molecule has 1 unspecified atom stereocenters. The van der Waals surface area contributed by atoms with Crippen molar-refractivity contribution in [1.29, 1.82) is 0 Å². The Kier molecular flexibility index (Phi) is 15.0. The Hall–Kier alpha value is -4.58. The summed E-state index contributed by atoms with van der Waals surface area (Å²) < 4.78 is 63.5. The SMILES string of the molecule is O=S(=O)=O.[CH2-]CCN1/C(=C/N=Nc2ccc3nc4ccc(N(CC)CC)cc4[n+](-c4ccccc4)c3c2)C(C)(CCCC(=O)O)c2cc(S(=O)(=O)[O-])ccc21.[Na+]. The zero-order valence-electron chi connectivity index (χ0n) is 31.6. The molecule has 0 saturated heterocycles. The van der Waals surface area contributed by atoms with Crippen molar-refractivity contribution in [1.82, 2.24) is 4.98 Å². The number of aliphatic carboxylic acids is 1. The number of allylic oxidation sites excluding steroid dienone is 1. The predicted molar refractivity (Wildman–Crippen MR) is 207 cm³/mol. The van der Waals surface area contributed by atoms with Crippen molar-refractivity contribution >= 4 is 65.8 Å². The van der Waals surface area contributed by atoms with Crippen LogP contribution in [0.5, 0.6) is 0 Å². The third-order valence-corrected chi connectivity index (χ3v) is 10.4. The fourth-order valence-corrected chi connectivity index (χ4v) is 7.56. The van der Waals surface area contributed by atoms with E-state index in [1.165, 1.54) is 12.1 Å². The van der Waals surface area contributed by atoms with Crippen LogP contribution in [0.25, 0.3) is 27.8 Å². The van der Waals surface area contributed by atoms with E-state index < -0.39 is 32.1 Å². The average Bonchev–Trinajstić information content (AvgIpc) is 3.37. The number of fused-ring (bicyclic) bond motifs is 3. The quantitative estimate of drug-likeness (QED) is 0.0456. The van der Waals surface area contributed by atoms with Crippen LogP contribution in [-0.4, -0.2) is 61.3 Å². The van der Waals surface area contributed by atoms with Crippen LogP contribution in [0.2, 0.25) is 0 Å². The van der Waals surface area contributed by atoms with Crippen LogP contribution in [0, 0.1) is 6.92 Å². The molecule has 0 bridgehead atoms. The number of carboxylic acid groups (broad SMARTS) is 1. The van der Waals surface area contributed by atoms with Gasteiger partial charge in [0.15, 0.2) is 0 Å². The second-order valence-corrected chi connectivity index (χ2v) is 14.7. The molecule has 0 radical (unpaired) electrons. The van der Waals surface area contributed by atoms with Gasteiger partial charge in [0, 0.05) is 66.3 Å². The fraction of sp³-hybridized carbons (Fsp3) is 0.282. The van der Waals surface area contributed by atoms with Crippen molar-refractivity contribution in [2.45, 2.75) is 56.8 Å². The number of carboxylic acids is 1. The van der Waals surface area contributed by atoms with Crippen LogP contribution in [0.1, 0.15) is 52.0 Å². The largest absolute Gasteiger partial charge is 1.00 e. The minimum Gasteiger partial charge on any atom is -0.744 e. The third kappa shape index (κ3) is 9.86. The van der Waals surface area contributed by atoms with Crippen molar-refractivity contribution in [3.8, 4) is 5.69 Å². The molecule has 5 aromatic rings. The van der Waals surface area contributed by atoms with Crippen LogP contribution in [0.3, 0.4) is 0 Å². The minimum absolute atomic E-state index is 0. The molecule has 0 spiro atoms. The van der Waals surface area contributed by atoms with Crippen LogP contribution in [0.15, 0.2) is 112 Å². The van der Waals surface area contributed by atoms with E-state index in [0.717, 1.165) is 52.2 Å². The van der Waals surface area contributed by atoms with Gasteiger partial charge in [-0.25, -0.2) is 13.4 Å². The molecule has 4 aromatic carbocycles. The van der Waals surface area contributed by atoms with Gasteiger partial charge in [-0.15, -0.1) is 17.2 Å². The van der Waals surface area contributed by atoms with Gasteiger partial charge in [-0.2, -0.15) is 16.6 Å². The number of anilines is 2. The number of nitrogens with zero attached hydrogens (tertiary/aromatic N) is 6. The molecule has 2 heterocycles. The van der Waals surface area contributed by atoms with Crippen LogP contribution in [0.4, 0.5) is 17.1 Å². The van der Waals surface area contributed by atoms with Gasteiger partial charge < -0.3 is 26.4 Å². The molecule has 0 aliphatic carbocycles. The summed E-state index contributed by atoms with van der Waals surface area (Å²) in [5, 5.41) is 18.5. The molecular formula is C39H41N6NaO8S2. The van der Waals surface area contributed by atoms with Gasteiger partial charge in [0.1, 0.15) is 21.2 Å². The summed E-state index contributed by atoms with van der Waals surface area (Å²) in [6, 6.07) is 26.5. The van der Waals surface area contributed by atoms with E-state index in [-0.39, 0.29) is 40.9 Å². The summed E-state index contributed by atoms with van der Waals surface area (Å²) in [6.07, 6.45) is 2.82. The molecule has 6 rings (SSSR count). The third-order valence-electron chi connectivity index (χ3n) is 9.58. The maximum atomic E-state index is 12.0. The molecule has 0 amide bonds. The molecule has 1 aliphatic heterocycles. The number of carbonyl (C=O) groups is 1. The topological polar surface area (TPSA) is 194 Å². The number of aromatic nitrogens is 2. The second-order valence-electron chi connectivity index (χ2n) is 13.0. The first kappa shape index (κ1) is 44.1. The molecule has 56 heavy (non-hydrogen) atoms. The van der Waals surface area contributed by atoms with E-state index in [1.807, 2.05) is 48.2 Å². The van der Waals surface area contributed by atoms with Gasteiger partial charge in [0.05, 0.1) is 16.8 Å². The molecule has 1 aromatic heterocycles. The zero-order valence-corrected chi connectivity index (χ0v) is 35.3. The Balaban J connectivity index is 0.00000133. The second kappa shape index (κ2) is 19.0. The normalized spacial score (nSPS) is 15.7. The van der Waals surface area contributed by atoms with Gasteiger partial charge in [-0.05, 0) is 88.2 Å². The number of hydrogen-bond donors (Lipinski definition) is 1. The summed E-state index contributed by atoms with van der Waals surface area (Å²) in [4.78, 5) is 20.4. The Morgan fingerprint density at radius 3 is 2.25 bits per heavy atom. The van der Waals surface area contributed by atoms with E-state index in [1.54, 1.807) is 12.3 Å². The first-order chi connectivity index (χ1) is 26.2. The van der Waals surface area contributed by atoms with E-state index >= 15 is 0 Å². The van der Waals surface area contributed by atoms with Crippen molar-refractivity contribution in [3.63, 3.8) is 0 Å². The molecule has 0 fully saturated rings. The Labute approximate surface area is 349 Å². The standard InChI is InChI=1S/C39H42N6O5S.Na.O3S/c1-5-22-44-34-20-17-30(51(48,49)50)25-31(34)39(4,21-11-14-38(46)47)37(44)26-40-42-27-15-18-32-35(23-27)45(28-12-9-8-10-13-28)36-24-29(43(6-2)7-3)16-19-33(36)41-32;;1-4(2)3/h8-10,12-13,15-20,23-26H,1,5-7,11,14,21-22H2,2-4H3,(H,46,47)(H,48,49,50);;/q;+1;/p-1. The molecule has 1 atom stereocenters. The van der Waals surface area contributed by atoms with Crippen molar-refractivity contribution < 1.29 is 69.6 Å². The summed E-state index contributed by atoms with van der Waals surface area (Å²) in [5.74, 6) is -0.928. The van der Waals surface area contributed by atoms with Gasteiger partial charge in [-0.1, -0.05) is 18.2 Å². The summed E-state index contributed by atoms with van der Waals surface area (Å²) in [6.45, 7) is 12.5. The summed E-state index contributed by atoms with van der Waals surface area (Å²) in [7, 11) is -7.83. The maximum Gasteiger partial charge on any atom is 1.00 e. The molecule has 1 N–H and O–H groups in total. The molecule has 17 heteroatoms. The van der Waals surface area contributed by atoms with Gasteiger partial charge >= 0.3 is 46.1 Å². The number of benzene rings is 4. The van der Waals surface area contributed by atoms with E-state index in [4.69, 9.17) is 17.6 Å². The first-order valence-corrected chi connectivity index (χ1v) is 20.0. The monoisotopic (exact) mass is 808 g/mol. The molecule has 1 aliphatic rings. The first-order valence-electron chi connectivity index (χ1n) is 17.6. The van der Waals surface area contributed by atoms with E-state index in [2.05, 4.69) is 70.8 Å². The molecule has 288 valence electrons. The van der Waals surface area contributed by atoms with Crippen LogP contribution in [-0.2, 0) is 30.9 Å². The zero-order chi connectivity index (χ0) is 39.9. The van der Waals surface area contributed by atoms with Gasteiger partial charge in [0.25, 0.3) is 0 Å². The molecular weight excluding hydrogens is 768 g/mol. The van der Waals surface area contributed by atoms with E-state index in [0.29, 0.717) is 42.8 Å². The van der Waals surface area contributed by atoms with Crippen LogP contribution < -0.4 is 43.9 Å². The van der Waals surface area contributed by atoms with Crippen molar-refractivity contribution in [2.24, 2.45) is 10.2 Å². The average molecular weight is 809 g/mol. The Morgan fingerprint density at radius 2 is 1.64 bits per heavy atom. The minimum atomic E-state index is -4.72. The molecule has 14 nitrogen and oxygen atoms in total. The number of para-hydroxylation sites is 1. The van der Waals surface area contributed by atoms with Gasteiger partial charge in [-0.3, -0.25) is 4.79 Å². The maximum absolute atomic E-state index is 12.0. The summed E-state index contributed by atoms with van der Waals surface area (Å²) in [5.41, 5.74) is 7.37. The van der Waals surface area contributed by atoms with Crippen molar-refractivity contribution in [2.75, 3.05) is 29.4 Å². The number of hydrogen-bond acceptors (Lipinski definition) is 12. The van der Waals surface area contributed by atoms with Crippen molar-refractivity contribution in [3.05, 3.63) is 109 Å².